The van der Waals surface area contributed by atoms with Gasteiger partial charge >= 0.3 is 0 Å². The molecule has 1 atom stereocenters. The largest absolute Gasteiger partial charge is 0.387 e. The van der Waals surface area contributed by atoms with Crippen molar-refractivity contribution in [3.63, 3.8) is 0 Å². The second kappa shape index (κ2) is 6.98. The topological polar surface area (TPSA) is 38.0 Å². The minimum atomic E-state index is -0.621. The lowest BCUT2D eigenvalue weighted by atomic mass is 10.0. The summed E-state index contributed by atoms with van der Waals surface area (Å²) >= 11 is 1.38. The van der Waals surface area contributed by atoms with Crippen molar-refractivity contribution in [3.8, 4) is 11.1 Å². The van der Waals surface area contributed by atoms with Crippen LogP contribution in [0.15, 0.2) is 66.1 Å². The summed E-state index contributed by atoms with van der Waals surface area (Å²) in [6, 6.07) is 12.8. The van der Waals surface area contributed by atoms with Gasteiger partial charge in [0, 0.05) is 17.3 Å². The Hall–Kier alpha value is -2.11. The number of nitrogens with zero attached hydrogens (tertiary/aromatic N) is 2. The van der Waals surface area contributed by atoms with Gasteiger partial charge in [-0.1, -0.05) is 24.3 Å². The fraction of sp³-hybridized carbons (Fsp3) is 0.167. The molecule has 1 N–H and O–H groups in total. The van der Waals surface area contributed by atoms with E-state index in [1.165, 1.54) is 17.8 Å². The molecule has 0 aliphatic heterocycles. The van der Waals surface area contributed by atoms with Gasteiger partial charge in [-0.05, 0) is 41.1 Å². The SMILES string of the molecule is CSc1cc(-c2cccc(C(O)Cn3ccnc3)c2)ccc1F. The van der Waals surface area contributed by atoms with Crippen molar-refractivity contribution in [2.45, 2.75) is 17.5 Å². The molecule has 0 bridgehead atoms. The third-order valence-electron chi connectivity index (χ3n) is 3.70. The molecule has 2 aromatic carbocycles. The van der Waals surface area contributed by atoms with Gasteiger partial charge in [-0.25, -0.2) is 9.37 Å². The van der Waals surface area contributed by atoms with Crippen molar-refractivity contribution >= 4 is 11.8 Å². The summed E-state index contributed by atoms with van der Waals surface area (Å²) in [4.78, 5) is 4.59. The molecule has 5 heteroatoms. The fourth-order valence-corrected chi connectivity index (χ4v) is 2.97. The van der Waals surface area contributed by atoms with E-state index in [4.69, 9.17) is 0 Å². The Balaban J connectivity index is 1.87. The highest BCUT2D eigenvalue weighted by atomic mass is 32.2. The Morgan fingerprint density at radius 3 is 2.78 bits per heavy atom. The summed E-state index contributed by atoms with van der Waals surface area (Å²) in [7, 11) is 0. The molecule has 3 rings (SSSR count). The van der Waals surface area contributed by atoms with Crippen molar-refractivity contribution in [1.82, 2.24) is 9.55 Å². The number of aromatic nitrogens is 2. The highest BCUT2D eigenvalue weighted by Crippen LogP contribution is 2.28. The zero-order valence-electron chi connectivity index (χ0n) is 12.7. The van der Waals surface area contributed by atoms with E-state index in [1.54, 1.807) is 18.6 Å². The van der Waals surface area contributed by atoms with Gasteiger partial charge in [0.2, 0.25) is 0 Å². The Labute approximate surface area is 138 Å². The van der Waals surface area contributed by atoms with Gasteiger partial charge in [-0.15, -0.1) is 11.8 Å². The summed E-state index contributed by atoms with van der Waals surface area (Å²) in [6.07, 6.45) is 6.42. The predicted molar refractivity (Wildman–Crippen MR) is 90.8 cm³/mol. The van der Waals surface area contributed by atoms with Crippen LogP contribution in [0, 0.1) is 5.82 Å². The molecule has 1 unspecified atom stereocenters. The van der Waals surface area contributed by atoms with Crippen molar-refractivity contribution in [2.75, 3.05) is 6.26 Å². The lowest BCUT2D eigenvalue weighted by Gasteiger charge is -2.13. The van der Waals surface area contributed by atoms with E-state index in [0.717, 1.165) is 16.7 Å². The molecular formula is C18H17FN2OS. The number of aliphatic hydroxyl groups excluding tert-OH is 1. The second-order valence-corrected chi connectivity index (χ2v) is 6.10. The maximum absolute atomic E-state index is 13.6. The number of aliphatic hydroxyl groups is 1. The quantitative estimate of drug-likeness (QED) is 0.715. The average molecular weight is 328 g/mol. The van der Waals surface area contributed by atoms with Gasteiger partial charge in [0.15, 0.2) is 0 Å². The van der Waals surface area contributed by atoms with Gasteiger partial charge < -0.3 is 9.67 Å². The number of rotatable bonds is 5. The third-order valence-corrected chi connectivity index (χ3v) is 4.45. The van der Waals surface area contributed by atoms with Gasteiger partial charge in [-0.3, -0.25) is 0 Å². The lowest BCUT2D eigenvalue weighted by Crippen LogP contribution is -2.07. The number of hydrogen-bond donors (Lipinski definition) is 1. The molecule has 0 amide bonds. The predicted octanol–water partition coefficient (Wildman–Crippen LogP) is 4.14. The highest BCUT2D eigenvalue weighted by Gasteiger charge is 2.10. The second-order valence-electron chi connectivity index (χ2n) is 5.25. The van der Waals surface area contributed by atoms with Crippen LogP contribution in [0.1, 0.15) is 11.7 Å². The van der Waals surface area contributed by atoms with Crippen molar-refractivity contribution in [2.24, 2.45) is 0 Å². The van der Waals surface area contributed by atoms with Crippen LogP contribution in [0.2, 0.25) is 0 Å². The number of hydrogen-bond acceptors (Lipinski definition) is 3. The Morgan fingerprint density at radius 2 is 2.04 bits per heavy atom. The Morgan fingerprint density at radius 1 is 1.22 bits per heavy atom. The molecule has 1 aromatic heterocycles. The molecule has 23 heavy (non-hydrogen) atoms. The Bertz CT molecular complexity index is 789. The third kappa shape index (κ3) is 3.63. The Kier molecular flexibility index (Phi) is 4.79. The molecule has 0 aliphatic carbocycles. The maximum atomic E-state index is 13.6. The van der Waals surface area contributed by atoms with Crippen LogP contribution in [0.3, 0.4) is 0 Å². The molecule has 118 valence electrons. The molecule has 0 spiro atoms. The van der Waals surface area contributed by atoms with E-state index in [9.17, 15) is 9.50 Å². The van der Waals surface area contributed by atoms with Gasteiger partial charge in [0.05, 0.1) is 19.0 Å². The van der Waals surface area contributed by atoms with Crippen LogP contribution in [0.25, 0.3) is 11.1 Å². The molecule has 0 saturated heterocycles. The van der Waals surface area contributed by atoms with Crippen LogP contribution >= 0.6 is 11.8 Å². The molecule has 0 aliphatic rings. The zero-order chi connectivity index (χ0) is 16.2. The number of halogens is 1. The number of thioether (sulfide) groups is 1. The first-order valence-electron chi connectivity index (χ1n) is 7.25. The van der Waals surface area contributed by atoms with Crippen LogP contribution in [0.5, 0.6) is 0 Å². The molecule has 3 nitrogen and oxygen atoms in total. The molecule has 0 fully saturated rings. The first-order valence-corrected chi connectivity index (χ1v) is 8.47. The lowest BCUT2D eigenvalue weighted by molar-refractivity contribution is 0.156. The summed E-state index contributed by atoms with van der Waals surface area (Å²) < 4.78 is 15.5. The summed E-state index contributed by atoms with van der Waals surface area (Å²) in [5.41, 5.74) is 2.72. The number of benzene rings is 2. The summed E-state index contributed by atoms with van der Waals surface area (Å²) in [6.45, 7) is 0.447. The number of imidazole rings is 1. The van der Waals surface area contributed by atoms with Crippen molar-refractivity contribution < 1.29 is 9.50 Å². The highest BCUT2D eigenvalue weighted by molar-refractivity contribution is 7.98. The molecular weight excluding hydrogens is 311 g/mol. The van der Waals surface area contributed by atoms with E-state index in [2.05, 4.69) is 4.98 Å². The van der Waals surface area contributed by atoms with Crippen LogP contribution in [-0.2, 0) is 6.54 Å². The zero-order valence-corrected chi connectivity index (χ0v) is 13.5. The van der Waals surface area contributed by atoms with E-state index in [1.807, 2.05) is 47.4 Å². The molecule has 0 saturated carbocycles. The summed E-state index contributed by atoms with van der Waals surface area (Å²) in [5, 5.41) is 10.4. The van der Waals surface area contributed by atoms with Crippen LogP contribution < -0.4 is 0 Å². The standard InChI is InChI=1S/C18H17FN2OS/c1-23-18-10-14(5-6-16(18)19)13-3-2-4-15(9-13)17(22)11-21-8-7-20-12-21/h2-10,12,17,22H,11H2,1H3. The first-order chi connectivity index (χ1) is 11.2. The van der Waals surface area contributed by atoms with Gasteiger partial charge in [-0.2, -0.15) is 0 Å². The minimum absolute atomic E-state index is 0.211. The first kappa shape index (κ1) is 15.8. The molecule has 3 aromatic rings. The van der Waals surface area contributed by atoms with Crippen molar-refractivity contribution in [1.29, 1.82) is 0 Å². The molecule has 1 heterocycles. The van der Waals surface area contributed by atoms with Crippen LogP contribution in [-0.4, -0.2) is 20.9 Å². The van der Waals surface area contributed by atoms with Crippen LogP contribution in [0.4, 0.5) is 4.39 Å². The van der Waals surface area contributed by atoms with E-state index in [0.29, 0.717) is 11.4 Å². The average Bonchev–Trinajstić information content (AvgIpc) is 3.08. The van der Waals surface area contributed by atoms with E-state index in [-0.39, 0.29) is 5.82 Å². The van der Waals surface area contributed by atoms with E-state index >= 15 is 0 Å². The smallest absolute Gasteiger partial charge is 0.136 e. The van der Waals surface area contributed by atoms with Gasteiger partial charge in [0.25, 0.3) is 0 Å². The van der Waals surface area contributed by atoms with Crippen molar-refractivity contribution in [3.05, 3.63) is 72.6 Å². The minimum Gasteiger partial charge on any atom is -0.387 e. The van der Waals surface area contributed by atoms with E-state index < -0.39 is 6.10 Å². The molecule has 0 radical (unpaired) electrons. The monoisotopic (exact) mass is 328 g/mol. The summed E-state index contributed by atoms with van der Waals surface area (Å²) in [5.74, 6) is -0.211. The maximum Gasteiger partial charge on any atom is 0.136 e. The normalized spacial score (nSPS) is 12.3. The fourth-order valence-electron chi connectivity index (χ4n) is 2.46. The van der Waals surface area contributed by atoms with Gasteiger partial charge in [0.1, 0.15) is 5.82 Å².